The standard InChI is InChI=1S/C13H10FN3O5S/c14-10-4-6-11(7-5-10)23(21,22)16-15-8-9-2-1-3-12(13(9)18)17(19)20/h1-8,16,18H. The zero-order valence-electron chi connectivity index (χ0n) is 11.4. The van der Waals surface area contributed by atoms with Crippen LogP contribution in [0.25, 0.3) is 0 Å². The molecule has 0 amide bonds. The molecule has 0 radical (unpaired) electrons. The van der Waals surface area contributed by atoms with Crippen LogP contribution in [0.1, 0.15) is 5.56 Å². The Bertz CT molecular complexity index is 866. The lowest BCUT2D eigenvalue weighted by atomic mass is 10.2. The van der Waals surface area contributed by atoms with E-state index in [-0.39, 0.29) is 10.5 Å². The van der Waals surface area contributed by atoms with Crippen LogP contribution in [0.4, 0.5) is 10.1 Å². The van der Waals surface area contributed by atoms with Gasteiger partial charge in [0.25, 0.3) is 10.0 Å². The summed E-state index contributed by atoms with van der Waals surface area (Å²) < 4.78 is 36.5. The van der Waals surface area contributed by atoms with E-state index in [4.69, 9.17) is 0 Å². The Morgan fingerprint density at radius 2 is 1.87 bits per heavy atom. The molecule has 8 nitrogen and oxygen atoms in total. The number of phenols is 1. The van der Waals surface area contributed by atoms with Gasteiger partial charge in [-0.3, -0.25) is 10.1 Å². The molecule has 0 unspecified atom stereocenters. The Labute approximate surface area is 130 Å². The number of rotatable bonds is 5. The van der Waals surface area contributed by atoms with Crippen LogP contribution in [0, 0.1) is 15.9 Å². The minimum atomic E-state index is -4.02. The normalized spacial score (nSPS) is 11.5. The monoisotopic (exact) mass is 339 g/mol. The fourth-order valence-corrected chi connectivity index (χ4v) is 2.42. The van der Waals surface area contributed by atoms with Crippen LogP contribution in [0.3, 0.4) is 0 Å². The van der Waals surface area contributed by atoms with E-state index >= 15 is 0 Å². The van der Waals surface area contributed by atoms with Gasteiger partial charge in [-0.25, -0.2) is 9.22 Å². The topological polar surface area (TPSA) is 122 Å². The number of hydrogen-bond acceptors (Lipinski definition) is 6. The van der Waals surface area contributed by atoms with Gasteiger partial charge in [0.05, 0.1) is 16.0 Å². The van der Waals surface area contributed by atoms with Gasteiger partial charge in [0, 0.05) is 11.6 Å². The minimum absolute atomic E-state index is 0.0407. The molecular weight excluding hydrogens is 329 g/mol. The number of nitro benzene ring substituents is 1. The third kappa shape index (κ3) is 3.80. The number of hydrazone groups is 1. The Hall–Kier alpha value is -3.01. The summed E-state index contributed by atoms with van der Waals surface area (Å²) in [6.45, 7) is 0. The molecule has 0 spiro atoms. The predicted octanol–water partition coefficient (Wildman–Crippen LogP) is 1.75. The number of nitrogens with one attached hydrogen (secondary N) is 1. The summed E-state index contributed by atoms with van der Waals surface area (Å²) in [5.41, 5.74) is -0.573. The molecule has 10 heteroatoms. The highest BCUT2D eigenvalue weighted by molar-refractivity contribution is 7.89. The number of hydrogen-bond donors (Lipinski definition) is 2. The predicted molar refractivity (Wildman–Crippen MR) is 79.1 cm³/mol. The first kappa shape index (κ1) is 16.4. The summed E-state index contributed by atoms with van der Waals surface area (Å²) in [6.07, 6.45) is 0.920. The molecule has 2 N–H and O–H groups in total. The highest BCUT2D eigenvalue weighted by Gasteiger charge is 2.16. The van der Waals surface area contributed by atoms with Crippen LogP contribution in [-0.4, -0.2) is 24.7 Å². The molecule has 0 aliphatic rings. The summed E-state index contributed by atoms with van der Waals surface area (Å²) in [5.74, 6) is -1.23. The van der Waals surface area contributed by atoms with Gasteiger partial charge < -0.3 is 5.11 Å². The number of nitro groups is 1. The fourth-order valence-electron chi connectivity index (χ4n) is 1.63. The molecule has 0 bridgehead atoms. The molecule has 0 atom stereocenters. The summed E-state index contributed by atoms with van der Waals surface area (Å²) in [6, 6.07) is 7.78. The van der Waals surface area contributed by atoms with E-state index in [2.05, 4.69) is 5.10 Å². The van der Waals surface area contributed by atoms with Gasteiger partial charge in [-0.1, -0.05) is 6.07 Å². The highest BCUT2D eigenvalue weighted by Crippen LogP contribution is 2.27. The Kier molecular flexibility index (Phi) is 4.55. The Morgan fingerprint density at radius 3 is 2.48 bits per heavy atom. The van der Waals surface area contributed by atoms with Gasteiger partial charge in [0.1, 0.15) is 5.82 Å². The van der Waals surface area contributed by atoms with Gasteiger partial charge in [0.15, 0.2) is 0 Å². The summed E-state index contributed by atoms with van der Waals surface area (Å²) in [4.78, 5) is 11.5. The molecule has 0 aliphatic carbocycles. The van der Waals surface area contributed by atoms with Gasteiger partial charge >= 0.3 is 5.69 Å². The van der Waals surface area contributed by atoms with Crippen LogP contribution in [0.2, 0.25) is 0 Å². The lowest BCUT2D eigenvalue weighted by Gasteiger charge is -2.03. The Balaban J connectivity index is 2.20. The molecule has 23 heavy (non-hydrogen) atoms. The van der Waals surface area contributed by atoms with Crippen molar-refractivity contribution in [1.29, 1.82) is 0 Å². The van der Waals surface area contributed by atoms with E-state index in [0.717, 1.165) is 36.5 Å². The van der Waals surface area contributed by atoms with Crippen molar-refractivity contribution < 1.29 is 22.8 Å². The van der Waals surface area contributed by atoms with Crippen LogP contribution in [0.15, 0.2) is 52.5 Å². The van der Waals surface area contributed by atoms with Crippen LogP contribution < -0.4 is 4.83 Å². The Morgan fingerprint density at radius 1 is 1.22 bits per heavy atom. The lowest BCUT2D eigenvalue weighted by Crippen LogP contribution is -2.18. The first-order valence-corrected chi connectivity index (χ1v) is 7.56. The average molecular weight is 339 g/mol. The van der Waals surface area contributed by atoms with E-state index in [0.29, 0.717) is 0 Å². The van der Waals surface area contributed by atoms with Crippen molar-refractivity contribution >= 4 is 21.9 Å². The molecule has 0 fully saturated rings. The summed E-state index contributed by atoms with van der Waals surface area (Å²) >= 11 is 0. The number of aromatic hydroxyl groups is 1. The largest absolute Gasteiger partial charge is 0.502 e. The minimum Gasteiger partial charge on any atom is -0.502 e. The molecular formula is C13H10FN3O5S. The number of halogens is 1. The van der Waals surface area contributed by atoms with Crippen molar-refractivity contribution in [3.05, 3.63) is 64.0 Å². The third-order valence-corrected chi connectivity index (χ3v) is 3.98. The zero-order valence-corrected chi connectivity index (χ0v) is 12.2. The molecule has 0 heterocycles. The van der Waals surface area contributed by atoms with Gasteiger partial charge in [-0.15, -0.1) is 0 Å². The van der Waals surface area contributed by atoms with Crippen molar-refractivity contribution in [2.45, 2.75) is 4.90 Å². The van der Waals surface area contributed by atoms with Crippen molar-refractivity contribution in [1.82, 2.24) is 4.83 Å². The van der Waals surface area contributed by atoms with Gasteiger partial charge in [-0.05, 0) is 30.3 Å². The zero-order chi connectivity index (χ0) is 17.0. The maximum absolute atomic E-state index is 12.8. The van der Waals surface area contributed by atoms with E-state index < -0.39 is 32.2 Å². The van der Waals surface area contributed by atoms with Crippen molar-refractivity contribution in [3.8, 4) is 5.75 Å². The number of benzene rings is 2. The maximum atomic E-state index is 12.8. The first-order chi connectivity index (χ1) is 10.8. The van der Waals surface area contributed by atoms with Crippen LogP contribution >= 0.6 is 0 Å². The van der Waals surface area contributed by atoms with Gasteiger partial charge in [-0.2, -0.15) is 13.5 Å². The van der Waals surface area contributed by atoms with Crippen LogP contribution in [0.5, 0.6) is 5.75 Å². The number of para-hydroxylation sites is 1. The number of sulfonamides is 1. The summed E-state index contributed by atoms with van der Waals surface area (Å²) in [5, 5.41) is 23.8. The summed E-state index contributed by atoms with van der Waals surface area (Å²) in [7, 11) is -4.02. The molecule has 0 saturated carbocycles. The second kappa shape index (κ2) is 6.40. The lowest BCUT2D eigenvalue weighted by molar-refractivity contribution is -0.385. The molecule has 2 rings (SSSR count). The molecule has 120 valence electrons. The molecule has 0 aromatic heterocycles. The van der Waals surface area contributed by atoms with E-state index in [1.165, 1.54) is 12.1 Å². The first-order valence-electron chi connectivity index (χ1n) is 6.08. The van der Waals surface area contributed by atoms with E-state index in [1.54, 1.807) is 0 Å². The molecule has 0 aliphatic heterocycles. The van der Waals surface area contributed by atoms with Gasteiger partial charge in [0.2, 0.25) is 5.75 Å². The van der Waals surface area contributed by atoms with Crippen LogP contribution in [-0.2, 0) is 10.0 Å². The van der Waals surface area contributed by atoms with E-state index in [1.807, 2.05) is 4.83 Å². The molecule has 2 aromatic rings. The third-order valence-electron chi connectivity index (χ3n) is 2.74. The maximum Gasteiger partial charge on any atom is 0.311 e. The van der Waals surface area contributed by atoms with Crippen molar-refractivity contribution in [3.63, 3.8) is 0 Å². The second-order valence-electron chi connectivity index (χ2n) is 4.28. The average Bonchev–Trinajstić information content (AvgIpc) is 2.49. The smallest absolute Gasteiger partial charge is 0.311 e. The van der Waals surface area contributed by atoms with E-state index in [9.17, 15) is 28.0 Å². The molecule has 0 saturated heterocycles. The van der Waals surface area contributed by atoms with Crippen molar-refractivity contribution in [2.75, 3.05) is 0 Å². The fraction of sp³-hybridized carbons (Fsp3) is 0. The second-order valence-corrected chi connectivity index (χ2v) is 5.94. The number of phenolic OH excluding ortho intramolecular Hbond substituents is 1. The number of nitrogens with zero attached hydrogens (tertiary/aromatic N) is 2. The quantitative estimate of drug-likeness (QED) is 0.488. The van der Waals surface area contributed by atoms with Crippen molar-refractivity contribution in [2.24, 2.45) is 5.10 Å². The molecule has 2 aromatic carbocycles. The SMILES string of the molecule is O=[N+]([O-])c1cccc(C=NNS(=O)(=O)c2ccc(F)cc2)c1O. The highest BCUT2D eigenvalue weighted by atomic mass is 32.2.